The van der Waals surface area contributed by atoms with Crippen molar-refractivity contribution in [2.75, 3.05) is 0 Å². The standard InChI is InChI=1S/C14H12BrN3O4/c1-6-16-9-5-11(19)8(15)4-7(9)14(22)18(6)10-2-3-12(20)17-13(10)21/h4-5,10,19H,2-3H2,1H3,(H,17,20,21). The van der Waals surface area contributed by atoms with Crippen LogP contribution in [0.1, 0.15) is 24.7 Å². The Hall–Kier alpha value is -2.22. The van der Waals surface area contributed by atoms with Gasteiger partial charge in [-0.25, -0.2) is 4.98 Å². The van der Waals surface area contributed by atoms with E-state index in [-0.39, 0.29) is 30.1 Å². The molecule has 0 spiro atoms. The molecule has 1 unspecified atom stereocenters. The van der Waals surface area contributed by atoms with Crippen LogP contribution in [0, 0.1) is 6.92 Å². The minimum atomic E-state index is -0.755. The minimum absolute atomic E-state index is 0.0162. The highest BCUT2D eigenvalue weighted by Crippen LogP contribution is 2.28. The summed E-state index contributed by atoms with van der Waals surface area (Å²) in [6.45, 7) is 1.61. The van der Waals surface area contributed by atoms with Crippen molar-refractivity contribution < 1.29 is 14.7 Å². The summed E-state index contributed by atoms with van der Waals surface area (Å²) in [5, 5.41) is 12.2. The summed E-state index contributed by atoms with van der Waals surface area (Å²) in [5.74, 6) is -0.500. The molecule has 3 rings (SSSR count). The molecule has 0 saturated carbocycles. The molecule has 2 heterocycles. The third-order valence-corrected chi connectivity index (χ3v) is 4.30. The zero-order valence-electron chi connectivity index (χ0n) is 11.6. The number of hydrogen-bond acceptors (Lipinski definition) is 5. The number of phenolic OH excluding ortho intramolecular Hbond substituents is 1. The second-order valence-electron chi connectivity index (χ2n) is 5.12. The lowest BCUT2D eigenvalue weighted by atomic mass is 10.1. The Morgan fingerprint density at radius 3 is 2.77 bits per heavy atom. The van der Waals surface area contributed by atoms with Gasteiger partial charge in [-0.15, -0.1) is 0 Å². The van der Waals surface area contributed by atoms with E-state index in [9.17, 15) is 19.5 Å². The number of amides is 2. The maximum absolute atomic E-state index is 12.7. The number of aromatic hydroxyl groups is 1. The normalized spacial score (nSPS) is 18.5. The predicted octanol–water partition coefficient (Wildman–Crippen LogP) is 1.15. The van der Waals surface area contributed by atoms with Crippen LogP contribution in [-0.4, -0.2) is 26.5 Å². The SMILES string of the molecule is Cc1nc2cc(O)c(Br)cc2c(=O)n1C1CCC(=O)NC1=O. The molecule has 1 fully saturated rings. The van der Waals surface area contributed by atoms with Crippen molar-refractivity contribution in [3.05, 3.63) is 32.8 Å². The number of hydrogen-bond donors (Lipinski definition) is 2. The summed E-state index contributed by atoms with van der Waals surface area (Å²) in [7, 11) is 0. The predicted molar refractivity (Wildman–Crippen MR) is 81.5 cm³/mol. The molecule has 22 heavy (non-hydrogen) atoms. The van der Waals surface area contributed by atoms with Crippen LogP contribution in [0.3, 0.4) is 0 Å². The molecule has 1 aliphatic rings. The van der Waals surface area contributed by atoms with Crippen molar-refractivity contribution in [2.24, 2.45) is 0 Å². The van der Waals surface area contributed by atoms with Crippen LogP contribution in [0.5, 0.6) is 5.75 Å². The van der Waals surface area contributed by atoms with Crippen LogP contribution < -0.4 is 10.9 Å². The highest BCUT2D eigenvalue weighted by Gasteiger charge is 2.30. The first-order chi connectivity index (χ1) is 10.4. The molecule has 7 nitrogen and oxygen atoms in total. The van der Waals surface area contributed by atoms with Gasteiger partial charge in [-0.3, -0.25) is 24.3 Å². The number of carbonyl (C=O) groups excluding carboxylic acids is 2. The molecular weight excluding hydrogens is 354 g/mol. The Balaban J connectivity index is 2.22. The lowest BCUT2D eigenvalue weighted by molar-refractivity contribution is -0.135. The molecule has 0 radical (unpaired) electrons. The van der Waals surface area contributed by atoms with Gasteiger partial charge in [-0.2, -0.15) is 0 Å². The van der Waals surface area contributed by atoms with Crippen molar-refractivity contribution in [3.8, 4) is 5.75 Å². The number of phenols is 1. The molecule has 0 bridgehead atoms. The van der Waals surface area contributed by atoms with Gasteiger partial charge in [0, 0.05) is 12.5 Å². The number of nitrogens with one attached hydrogen (secondary N) is 1. The summed E-state index contributed by atoms with van der Waals surface area (Å²) in [6.07, 6.45) is 0.442. The van der Waals surface area contributed by atoms with Gasteiger partial charge in [0.15, 0.2) is 0 Å². The summed E-state index contributed by atoms with van der Waals surface area (Å²) in [4.78, 5) is 40.2. The van der Waals surface area contributed by atoms with E-state index in [1.165, 1.54) is 16.7 Å². The lowest BCUT2D eigenvalue weighted by Crippen LogP contribution is -2.45. The first-order valence-corrected chi connectivity index (χ1v) is 7.43. The molecule has 2 aromatic rings. The largest absolute Gasteiger partial charge is 0.507 e. The number of benzene rings is 1. The molecule has 2 amide bonds. The second kappa shape index (κ2) is 5.20. The number of halogens is 1. The zero-order chi connectivity index (χ0) is 16.0. The van der Waals surface area contributed by atoms with Crippen LogP contribution in [0.25, 0.3) is 10.9 Å². The Kier molecular flexibility index (Phi) is 3.48. The average molecular weight is 366 g/mol. The Morgan fingerprint density at radius 2 is 2.09 bits per heavy atom. The molecule has 2 N–H and O–H groups in total. The van der Waals surface area contributed by atoms with Gasteiger partial charge in [-0.1, -0.05) is 0 Å². The topological polar surface area (TPSA) is 101 Å². The van der Waals surface area contributed by atoms with Gasteiger partial charge in [0.1, 0.15) is 17.6 Å². The van der Waals surface area contributed by atoms with E-state index in [2.05, 4.69) is 26.2 Å². The highest BCUT2D eigenvalue weighted by molar-refractivity contribution is 9.10. The fourth-order valence-electron chi connectivity index (χ4n) is 2.62. The highest BCUT2D eigenvalue weighted by atomic mass is 79.9. The van der Waals surface area contributed by atoms with E-state index in [0.29, 0.717) is 21.2 Å². The number of piperidine rings is 1. The Morgan fingerprint density at radius 1 is 1.36 bits per heavy atom. The molecule has 1 aromatic heterocycles. The van der Waals surface area contributed by atoms with Crippen LogP contribution in [0.15, 0.2) is 21.4 Å². The maximum atomic E-state index is 12.7. The third-order valence-electron chi connectivity index (χ3n) is 3.67. The fourth-order valence-corrected chi connectivity index (χ4v) is 2.96. The first kappa shape index (κ1) is 14.7. The van der Waals surface area contributed by atoms with E-state index >= 15 is 0 Å². The van der Waals surface area contributed by atoms with Crippen LogP contribution >= 0.6 is 15.9 Å². The van der Waals surface area contributed by atoms with E-state index in [4.69, 9.17) is 0 Å². The van der Waals surface area contributed by atoms with Crippen LogP contribution in [0.2, 0.25) is 0 Å². The van der Waals surface area contributed by atoms with Crippen molar-refractivity contribution >= 4 is 38.6 Å². The number of nitrogens with zero attached hydrogens (tertiary/aromatic N) is 2. The monoisotopic (exact) mass is 365 g/mol. The maximum Gasteiger partial charge on any atom is 0.262 e. The number of rotatable bonds is 1. The quantitative estimate of drug-likeness (QED) is 0.738. The number of fused-ring (bicyclic) bond motifs is 1. The summed E-state index contributed by atoms with van der Waals surface area (Å²) in [5.41, 5.74) is -0.0237. The van der Waals surface area contributed by atoms with Gasteiger partial charge in [0.25, 0.3) is 5.56 Å². The van der Waals surface area contributed by atoms with Gasteiger partial charge in [0.05, 0.1) is 15.4 Å². The number of aromatic nitrogens is 2. The molecule has 1 saturated heterocycles. The second-order valence-corrected chi connectivity index (χ2v) is 5.98. The van der Waals surface area contributed by atoms with Crippen LogP contribution in [0.4, 0.5) is 0 Å². The van der Waals surface area contributed by atoms with Gasteiger partial charge in [0.2, 0.25) is 11.8 Å². The van der Waals surface area contributed by atoms with E-state index < -0.39 is 11.9 Å². The minimum Gasteiger partial charge on any atom is -0.507 e. The number of imide groups is 1. The number of carbonyl (C=O) groups is 2. The molecule has 0 aliphatic carbocycles. The van der Waals surface area contributed by atoms with Crippen molar-refractivity contribution in [1.29, 1.82) is 0 Å². The van der Waals surface area contributed by atoms with E-state index in [1.54, 1.807) is 6.92 Å². The molecule has 114 valence electrons. The van der Waals surface area contributed by atoms with Crippen molar-refractivity contribution in [2.45, 2.75) is 25.8 Å². The van der Waals surface area contributed by atoms with E-state index in [1.807, 2.05) is 0 Å². The zero-order valence-corrected chi connectivity index (χ0v) is 13.2. The molecule has 1 aliphatic heterocycles. The van der Waals surface area contributed by atoms with Crippen molar-refractivity contribution in [3.63, 3.8) is 0 Å². The third kappa shape index (κ3) is 2.29. The molecule has 8 heteroatoms. The first-order valence-electron chi connectivity index (χ1n) is 6.63. The summed E-state index contributed by atoms with van der Waals surface area (Å²) >= 11 is 3.16. The van der Waals surface area contributed by atoms with E-state index in [0.717, 1.165) is 0 Å². The Labute approximate surface area is 133 Å². The van der Waals surface area contributed by atoms with Gasteiger partial charge < -0.3 is 5.11 Å². The fraction of sp³-hybridized carbons (Fsp3) is 0.286. The average Bonchev–Trinajstić information content (AvgIpc) is 2.43. The lowest BCUT2D eigenvalue weighted by Gasteiger charge is -2.24. The van der Waals surface area contributed by atoms with Crippen LogP contribution in [-0.2, 0) is 9.59 Å². The Bertz CT molecular complexity index is 874. The smallest absolute Gasteiger partial charge is 0.262 e. The number of aryl methyl sites for hydroxylation is 1. The molecule has 1 aromatic carbocycles. The van der Waals surface area contributed by atoms with Gasteiger partial charge >= 0.3 is 0 Å². The summed E-state index contributed by atoms with van der Waals surface area (Å²) < 4.78 is 1.67. The van der Waals surface area contributed by atoms with Crippen molar-refractivity contribution in [1.82, 2.24) is 14.9 Å². The summed E-state index contributed by atoms with van der Waals surface area (Å²) in [6, 6.07) is 2.11. The van der Waals surface area contributed by atoms with Gasteiger partial charge in [-0.05, 0) is 35.3 Å². The molecule has 1 atom stereocenters. The molecular formula is C14H12BrN3O4.